The Morgan fingerprint density at radius 3 is 2.38 bits per heavy atom. The molecule has 0 aliphatic rings. The van der Waals surface area contributed by atoms with Crippen LogP contribution in [0.2, 0.25) is 5.02 Å². The molecule has 0 fully saturated rings. The number of benzene rings is 1. The van der Waals surface area contributed by atoms with Crippen molar-refractivity contribution in [1.29, 1.82) is 0 Å². The zero-order valence-corrected chi connectivity index (χ0v) is 13.7. The van der Waals surface area contributed by atoms with Gasteiger partial charge >= 0.3 is 0 Å². The van der Waals surface area contributed by atoms with Crippen molar-refractivity contribution in [3.8, 4) is 11.5 Å². The van der Waals surface area contributed by atoms with Gasteiger partial charge in [0.05, 0.1) is 19.3 Å². The molecule has 0 aromatic heterocycles. The first-order valence-corrected chi connectivity index (χ1v) is 8.06. The Balaban J connectivity index is 2.39. The van der Waals surface area contributed by atoms with E-state index in [2.05, 4.69) is 6.92 Å². The van der Waals surface area contributed by atoms with Crippen LogP contribution in [-0.2, 0) is 0 Å². The van der Waals surface area contributed by atoms with Crippen LogP contribution in [0.3, 0.4) is 0 Å². The van der Waals surface area contributed by atoms with Crippen LogP contribution >= 0.6 is 11.6 Å². The topological polar surface area (TPSA) is 35.5 Å². The van der Waals surface area contributed by atoms with Crippen LogP contribution in [0, 0.1) is 0 Å². The van der Waals surface area contributed by atoms with Crippen molar-refractivity contribution in [3.63, 3.8) is 0 Å². The average molecular weight is 313 g/mol. The fraction of sp³-hybridized carbons (Fsp3) is 0.588. The number of hydrogen-bond acceptors (Lipinski definition) is 3. The van der Waals surface area contributed by atoms with Crippen molar-refractivity contribution in [2.75, 3.05) is 13.7 Å². The number of carbonyl (C=O) groups is 1. The molecule has 0 bridgehead atoms. The van der Waals surface area contributed by atoms with Gasteiger partial charge in [0.2, 0.25) is 0 Å². The Morgan fingerprint density at radius 1 is 1.10 bits per heavy atom. The molecule has 0 radical (unpaired) electrons. The number of aldehydes is 1. The highest BCUT2D eigenvalue weighted by molar-refractivity contribution is 6.31. The highest BCUT2D eigenvalue weighted by atomic mass is 35.5. The molecular formula is C17H25ClO3. The molecule has 3 nitrogen and oxygen atoms in total. The van der Waals surface area contributed by atoms with E-state index >= 15 is 0 Å². The largest absolute Gasteiger partial charge is 0.493 e. The summed E-state index contributed by atoms with van der Waals surface area (Å²) in [6.07, 6.45) is 9.31. The standard InChI is InChI=1S/C17H25ClO3/c1-3-4-5-6-7-8-9-10-21-17-14(13-19)11-15(18)12-16(17)20-2/h11-13H,3-10H2,1-2H3. The molecule has 0 saturated heterocycles. The first kappa shape index (κ1) is 17.8. The molecule has 4 heteroatoms. The Labute approximate surface area is 132 Å². The predicted molar refractivity (Wildman–Crippen MR) is 86.9 cm³/mol. The van der Waals surface area contributed by atoms with E-state index in [1.54, 1.807) is 19.2 Å². The first-order chi connectivity index (χ1) is 10.2. The second-order valence-corrected chi connectivity index (χ2v) is 5.55. The highest BCUT2D eigenvalue weighted by Gasteiger charge is 2.12. The van der Waals surface area contributed by atoms with E-state index in [1.165, 1.54) is 32.1 Å². The van der Waals surface area contributed by atoms with Crippen molar-refractivity contribution in [1.82, 2.24) is 0 Å². The maximum atomic E-state index is 11.1. The van der Waals surface area contributed by atoms with Crippen molar-refractivity contribution in [3.05, 3.63) is 22.7 Å². The summed E-state index contributed by atoms with van der Waals surface area (Å²) in [7, 11) is 1.54. The summed E-state index contributed by atoms with van der Waals surface area (Å²) >= 11 is 5.93. The molecule has 1 aromatic carbocycles. The minimum Gasteiger partial charge on any atom is -0.493 e. The summed E-state index contributed by atoms with van der Waals surface area (Å²) < 4.78 is 10.9. The molecule has 1 rings (SSSR count). The van der Waals surface area contributed by atoms with Gasteiger partial charge in [-0.25, -0.2) is 0 Å². The van der Waals surface area contributed by atoms with E-state index in [4.69, 9.17) is 21.1 Å². The number of carbonyl (C=O) groups excluding carboxylic acids is 1. The van der Waals surface area contributed by atoms with E-state index in [1.807, 2.05) is 0 Å². The van der Waals surface area contributed by atoms with Gasteiger partial charge < -0.3 is 9.47 Å². The average Bonchev–Trinajstić information content (AvgIpc) is 2.50. The van der Waals surface area contributed by atoms with Gasteiger partial charge in [0.15, 0.2) is 17.8 Å². The van der Waals surface area contributed by atoms with Crippen LogP contribution in [0.25, 0.3) is 0 Å². The third kappa shape index (κ3) is 6.38. The molecule has 0 heterocycles. The van der Waals surface area contributed by atoms with Gasteiger partial charge in [-0.2, -0.15) is 0 Å². The maximum absolute atomic E-state index is 11.1. The molecule has 0 N–H and O–H groups in total. The lowest BCUT2D eigenvalue weighted by molar-refractivity contribution is 0.111. The SMILES string of the molecule is CCCCCCCCCOc1c(C=O)cc(Cl)cc1OC. The maximum Gasteiger partial charge on any atom is 0.171 e. The van der Waals surface area contributed by atoms with Gasteiger partial charge in [0.1, 0.15) is 0 Å². The van der Waals surface area contributed by atoms with Gasteiger partial charge in [-0.3, -0.25) is 4.79 Å². The van der Waals surface area contributed by atoms with Gasteiger partial charge in [0.25, 0.3) is 0 Å². The van der Waals surface area contributed by atoms with Crippen molar-refractivity contribution < 1.29 is 14.3 Å². The third-order valence-electron chi connectivity index (χ3n) is 3.39. The number of halogens is 1. The summed E-state index contributed by atoms with van der Waals surface area (Å²) in [5.74, 6) is 0.996. The molecule has 21 heavy (non-hydrogen) atoms. The van der Waals surface area contributed by atoms with Crippen LogP contribution in [0.1, 0.15) is 62.2 Å². The van der Waals surface area contributed by atoms with Crippen LogP contribution in [0.15, 0.2) is 12.1 Å². The van der Waals surface area contributed by atoms with Crippen LogP contribution < -0.4 is 9.47 Å². The number of methoxy groups -OCH3 is 1. The molecule has 0 aliphatic heterocycles. The normalized spacial score (nSPS) is 10.4. The van der Waals surface area contributed by atoms with E-state index in [0.29, 0.717) is 28.7 Å². The zero-order chi connectivity index (χ0) is 15.5. The number of rotatable bonds is 11. The van der Waals surface area contributed by atoms with E-state index in [9.17, 15) is 4.79 Å². The van der Waals surface area contributed by atoms with Crippen LogP contribution in [0.4, 0.5) is 0 Å². The van der Waals surface area contributed by atoms with E-state index < -0.39 is 0 Å². The fourth-order valence-corrected chi connectivity index (χ4v) is 2.43. The monoisotopic (exact) mass is 312 g/mol. The molecule has 0 spiro atoms. The lowest BCUT2D eigenvalue weighted by atomic mass is 10.1. The molecule has 0 unspecified atom stereocenters. The summed E-state index contributed by atoms with van der Waals surface area (Å²) in [5.41, 5.74) is 0.433. The highest BCUT2D eigenvalue weighted by Crippen LogP contribution is 2.33. The number of unbranched alkanes of at least 4 members (excludes halogenated alkanes) is 6. The Morgan fingerprint density at radius 2 is 1.76 bits per heavy atom. The van der Waals surface area contributed by atoms with Crippen molar-refractivity contribution >= 4 is 17.9 Å². The minimum atomic E-state index is 0.433. The number of hydrogen-bond donors (Lipinski definition) is 0. The fourth-order valence-electron chi connectivity index (χ4n) is 2.22. The second-order valence-electron chi connectivity index (χ2n) is 5.11. The van der Waals surface area contributed by atoms with Crippen molar-refractivity contribution in [2.45, 2.75) is 51.9 Å². The summed E-state index contributed by atoms with van der Waals surface area (Å²) in [6.45, 7) is 2.81. The zero-order valence-electron chi connectivity index (χ0n) is 13.0. The molecule has 0 atom stereocenters. The predicted octanol–water partition coefficient (Wildman–Crippen LogP) is 5.29. The van der Waals surface area contributed by atoms with Gasteiger partial charge in [-0.15, -0.1) is 0 Å². The third-order valence-corrected chi connectivity index (χ3v) is 3.61. The van der Waals surface area contributed by atoms with E-state index in [0.717, 1.165) is 19.1 Å². The van der Waals surface area contributed by atoms with E-state index in [-0.39, 0.29) is 0 Å². The smallest absolute Gasteiger partial charge is 0.171 e. The van der Waals surface area contributed by atoms with Gasteiger partial charge in [-0.1, -0.05) is 57.0 Å². The first-order valence-electron chi connectivity index (χ1n) is 7.68. The lowest BCUT2D eigenvalue weighted by Crippen LogP contribution is -2.02. The Hall–Kier alpha value is -1.22. The summed E-state index contributed by atoms with van der Waals surface area (Å²) in [4.78, 5) is 11.1. The molecule has 0 saturated carbocycles. The summed E-state index contributed by atoms with van der Waals surface area (Å²) in [5, 5.41) is 0.470. The van der Waals surface area contributed by atoms with Crippen molar-refractivity contribution in [2.24, 2.45) is 0 Å². The molecule has 1 aromatic rings. The Kier molecular flexibility index (Phi) is 8.91. The minimum absolute atomic E-state index is 0.433. The molecule has 0 aliphatic carbocycles. The molecular weight excluding hydrogens is 288 g/mol. The molecule has 0 amide bonds. The summed E-state index contributed by atoms with van der Waals surface area (Å²) in [6, 6.07) is 3.26. The number of ether oxygens (including phenoxy) is 2. The van der Waals surface area contributed by atoms with Crippen LogP contribution in [0.5, 0.6) is 11.5 Å². The second kappa shape index (κ2) is 10.5. The van der Waals surface area contributed by atoms with Crippen LogP contribution in [-0.4, -0.2) is 20.0 Å². The Bertz CT molecular complexity index is 432. The quantitative estimate of drug-likeness (QED) is 0.411. The molecule has 118 valence electrons. The van der Waals surface area contributed by atoms with Gasteiger partial charge in [0, 0.05) is 11.1 Å². The lowest BCUT2D eigenvalue weighted by Gasteiger charge is -2.13. The van der Waals surface area contributed by atoms with Gasteiger partial charge in [-0.05, 0) is 12.5 Å².